The molecule has 0 bridgehead atoms. The molecule has 0 amide bonds. The second-order valence-electron chi connectivity index (χ2n) is 3.79. The molecule has 1 aliphatic heterocycles. The van der Waals surface area contributed by atoms with Crippen molar-refractivity contribution in [3.05, 3.63) is 12.7 Å². The SMILES string of the molecule is C=CCN1C[C@@H](C)/C(=N\O)C[C@H]1C. The Morgan fingerprint density at radius 1 is 1.69 bits per heavy atom. The number of hydrogen-bond donors (Lipinski definition) is 1. The molecule has 1 rings (SSSR count). The van der Waals surface area contributed by atoms with Gasteiger partial charge < -0.3 is 5.21 Å². The molecule has 13 heavy (non-hydrogen) atoms. The van der Waals surface area contributed by atoms with Gasteiger partial charge in [0.05, 0.1) is 5.71 Å². The summed E-state index contributed by atoms with van der Waals surface area (Å²) in [4.78, 5) is 2.35. The van der Waals surface area contributed by atoms with E-state index in [0.717, 1.165) is 25.2 Å². The predicted molar refractivity (Wildman–Crippen MR) is 54.2 cm³/mol. The molecule has 1 saturated heterocycles. The molecule has 0 aliphatic carbocycles. The maximum Gasteiger partial charge on any atom is 0.0627 e. The normalized spacial score (nSPS) is 33.5. The molecule has 0 aromatic heterocycles. The monoisotopic (exact) mass is 182 g/mol. The van der Waals surface area contributed by atoms with Crippen LogP contribution in [-0.2, 0) is 0 Å². The topological polar surface area (TPSA) is 35.8 Å². The van der Waals surface area contributed by atoms with Crippen molar-refractivity contribution in [2.45, 2.75) is 26.3 Å². The minimum absolute atomic E-state index is 0.362. The first-order valence-corrected chi connectivity index (χ1v) is 4.74. The Labute approximate surface area is 79.7 Å². The van der Waals surface area contributed by atoms with E-state index in [9.17, 15) is 0 Å². The lowest BCUT2D eigenvalue weighted by atomic mass is 9.93. The van der Waals surface area contributed by atoms with Gasteiger partial charge in [-0.25, -0.2) is 0 Å². The largest absolute Gasteiger partial charge is 0.411 e. The fourth-order valence-electron chi connectivity index (χ4n) is 1.83. The maximum atomic E-state index is 8.74. The standard InChI is InChI=1S/C10H18N2O/c1-4-5-12-7-8(2)10(11-13)6-9(12)3/h4,8-9,13H,1,5-7H2,2-3H3/b11-10-/t8-,9-/m1/s1. The Hall–Kier alpha value is -0.830. The van der Waals surface area contributed by atoms with Crippen LogP contribution in [0.4, 0.5) is 0 Å². The summed E-state index contributed by atoms with van der Waals surface area (Å²) >= 11 is 0. The molecule has 0 radical (unpaired) electrons. The highest BCUT2D eigenvalue weighted by molar-refractivity contribution is 5.87. The molecule has 1 N–H and O–H groups in total. The molecule has 0 spiro atoms. The third-order valence-corrected chi connectivity index (χ3v) is 2.70. The minimum Gasteiger partial charge on any atom is -0.411 e. The summed E-state index contributed by atoms with van der Waals surface area (Å²) in [5.41, 5.74) is 0.924. The molecule has 0 saturated carbocycles. The van der Waals surface area contributed by atoms with Gasteiger partial charge in [-0.05, 0) is 6.92 Å². The van der Waals surface area contributed by atoms with Crippen molar-refractivity contribution in [2.75, 3.05) is 13.1 Å². The minimum atomic E-state index is 0.362. The lowest BCUT2D eigenvalue weighted by Gasteiger charge is -2.36. The molecule has 74 valence electrons. The molecule has 1 fully saturated rings. The van der Waals surface area contributed by atoms with E-state index in [0.29, 0.717) is 12.0 Å². The van der Waals surface area contributed by atoms with Crippen LogP contribution in [0.25, 0.3) is 0 Å². The van der Waals surface area contributed by atoms with Gasteiger partial charge in [0.1, 0.15) is 0 Å². The second kappa shape index (κ2) is 4.42. The van der Waals surface area contributed by atoms with Crippen molar-refractivity contribution in [3.63, 3.8) is 0 Å². The summed E-state index contributed by atoms with van der Waals surface area (Å²) in [6, 6.07) is 0.458. The van der Waals surface area contributed by atoms with Crippen molar-refractivity contribution in [1.29, 1.82) is 0 Å². The van der Waals surface area contributed by atoms with E-state index in [4.69, 9.17) is 5.21 Å². The average molecular weight is 182 g/mol. The average Bonchev–Trinajstić information content (AvgIpc) is 2.11. The molecule has 1 aliphatic rings. The van der Waals surface area contributed by atoms with Gasteiger partial charge >= 0.3 is 0 Å². The predicted octanol–water partition coefficient (Wildman–Crippen LogP) is 1.73. The first-order chi connectivity index (χ1) is 6.19. The van der Waals surface area contributed by atoms with Crippen LogP contribution in [0.1, 0.15) is 20.3 Å². The zero-order valence-corrected chi connectivity index (χ0v) is 8.40. The smallest absolute Gasteiger partial charge is 0.0627 e. The highest BCUT2D eigenvalue weighted by atomic mass is 16.4. The highest BCUT2D eigenvalue weighted by Gasteiger charge is 2.26. The molecular weight excluding hydrogens is 164 g/mol. The molecule has 0 aromatic rings. The Bertz CT molecular complexity index is 213. The Morgan fingerprint density at radius 3 is 2.92 bits per heavy atom. The molecule has 2 atom stereocenters. The fraction of sp³-hybridized carbons (Fsp3) is 0.700. The lowest BCUT2D eigenvalue weighted by Crippen LogP contribution is -2.45. The van der Waals surface area contributed by atoms with Crippen LogP contribution >= 0.6 is 0 Å². The number of rotatable bonds is 2. The first kappa shape index (κ1) is 10.3. The Kier molecular flexibility index (Phi) is 3.48. The number of hydrogen-bond acceptors (Lipinski definition) is 3. The van der Waals surface area contributed by atoms with Crippen molar-refractivity contribution in [2.24, 2.45) is 11.1 Å². The van der Waals surface area contributed by atoms with Gasteiger partial charge in [-0.15, -0.1) is 6.58 Å². The summed E-state index contributed by atoms with van der Waals surface area (Å²) in [6.07, 6.45) is 2.79. The zero-order valence-electron chi connectivity index (χ0n) is 8.40. The summed E-state index contributed by atoms with van der Waals surface area (Å²) in [6.45, 7) is 9.87. The highest BCUT2D eigenvalue weighted by Crippen LogP contribution is 2.19. The van der Waals surface area contributed by atoms with E-state index in [1.807, 2.05) is 6.08 Å². The van der Waals surface area contributed by atoms with Crippen molar-refractivity contribution in [3.8, 4) is 0 Å². The van der Waals surface area contributed by atoms with Gasteiger partial charge in [0.25, 0.3) is 0 Å². The number of likely N-dealkylation sites (tertiary alicyclic amines) is 1. The maximum absolute atomic E-state index is 8.74. The van der Waals surface area contributed by atoms with Gasteiger partial charge in [0.15, 0.2) is 0 Å². The summed E-state index contributed by atoms with van der Waals surface area (Å²) in [5.74, 6) is 0.362. The number of nitrogens with zero attached hydrogens (tertiary/aromatic N) is 2. The van der Waals surface area contributed by atoms with Crippen LogP contribution in [0.3, 0.4) is 0 Å². The second-order valence-corrected chi connectivity index (χ2v) is 3.79. The third kappa shape index (κ3) is 2.31. The molecule has 1 heterocycles. The van der Waals surface area contributed by atoms with Crippen LogP contribution in [-0.4, -0.2) is 35.0 Å². The summed E-state index contributed by atoms with van der Waals surface area (Å²) in [7, 11) is 0. The van der Waals surface area contributed by atoms with Gasteiger partial charge in [-0.1, -0.05) is 18.2 Å². The van der Waals surface area contributed by atoms with Gasteiger partial charge in [0, 0.05) is 31.5 Å². The van der Waals surface area contributed by atoms with E-state index < -0.39 is 0 Å². The van der Waals surface area contributed by atoms with Crippen molar-refractivity contribution >= 4 is 5.71 Å². The van der Waals surface area contributed by atoms with Crippen molar-refractivity contribution in [1.82, 2.24) is 4.90 Å². The van der Waals surface area contributed by atoms with E-state index in [2.05, 4.69) is 30.5 Å². The molecule has 0 aromatic carbocycles. The molecular formula is C10H18N2O. The van der Waals surface area contributed by atoms with Crippen LogP contribution in [0.2, 0.25) is 0 Å². The van der Waals surface area contributed by atoms with Crippen LogP contribution < -0.4 is 0 Å². The van der Waals surface area contributed by atoms with Crippen LogP contribution in [0.15, 0.2) is 17.8 Å². The van der Waals surface area contributed by atoms with E-state index in [1.165, 1.54) is 0 Å². The van der Waals surface area contributed by atoms with Crippen molar-refractivity contribution < 1.29 is 5.21 Å². The Morgan fingerprint density at radius 2 is 2.38 bits per heavy atom. The summed E-state index contributed by atoms with van der Waals surface area (Å²) < 4.78 is 0. The Balaban J connectivity index is 2.61. The summed E-state index contributed by atoms with van der Waals surface area (Å²) in [5, 5.41) is 12.1. The van der Waals surface area contributed by atoms with Crippen LogP contribution in [0, 0.1) is 5.92 Å². The van der Waals surface area contributed by atoms with Gasteiger partial charge in [0.2, 0.25) is 0 Å². The van der Waals surface area contributed by atoms with E-state index >= 15 is 0 Å². The quantitative estimate of drug-likeness (QED) is 0.401. The zero-order chi connectivity index (χ0) is 9.84. The lowest BCUT2D eigenvalue weighted by molar-refractivity contribution is 0.195. The molecule has 3 heteroatoms. The van der Waals surface area contributed by atoms with Gasteiger partial charge in [-0.2, -0.15) is 0 Å². The molecule has 3 nitrogen and oxygen atoms in total. The first-order valence-electron chi connectivity index (χ1n) is 4.74. The molecule has 0 unspecified atom stereocenters. The van der Waals surface area contributed by atoms with Gasteiger partial charge in [-0.3, -0.25) is 4.90 Å². The van der Waals surface area contributed by atoms with E-state index in [1.54, 1.807) is 0 Å². The number of oxime groups is 1. The number of piperidine rings is 1. The fourth-order valence-corrected chi connectivity index (χ4v) is 1.83. The van der Waals surface area contributed by atoms with Crippen LogP contribution in [0.5, 0.6) is 0 Å². The third-order valence-electron chi connectivity index (χ3n) is 2.70. The van der Waals surface area contributed by atoms with E-state index in [-0.39, 0.29) is 0 Å².